The smallest absolute Gasteiger partial charge is 0.221 e. The lowest BCUT2D eigenvalue weighted by molar-refractivity contribution is 0.103. The molecule has 4 aromatic rings. The van der Waals surface area contributed by atoms with E-state index in [0.717, 1.165) is 46.8 Å². The number of imidazole rings is 2. The SMILES string of the molecule is Br.CCCCn1c2ccccc2n2c(C(=O)c3cccs3)c(C)nc12. The molecule has 0 aliphatic rings. The molecule has 0 atom stereocenters. The average Bonchev–Trinajstić information content (AvgIpc) is 3.28. The Morgan fingerprint density at radius 1 is 1.16 bits per heavy atom. The van der Waals surface area contributed by atoms with Gasteiger partial charge in [0.05, 0.1) is 21.6 Å². The minimum absolute atomic E-state index is 0. The van der Waals surface area contributed by atoms with E-state index in [9.17, 15) is 4.79 Å². The highest BCUT2D eigenvalue weighted by atomic mass is 79.9. The summed E-state index contributed by atoms with van der Waals surface area (Å²) in [6, 6.07) is 12.0. The standard InChI is InChI=1S/C19H19N3OS.BrH/c1-3-4-11-21-14-8-5-6-9-15(14)22-17(13(2)20-19(21)22)18(23)16-10-7-12-24-16;/h5-10,12H,3-4,11H2,1-2H3;1H. The van der Waals surface area contributed by atoms with Crippen LogP contribution in [0.25, 0.3) is 16.8 Å². The molecule has 0 spiro atoms. The molecule has 0 aliphatic carbocycles. The summed E-state index contributed by atoms with van der Waals surface area (Å²) in [6.07, 6.45) is 2.22. The predicted octanol–water partition coefficient (Wildman–Crippen LogP) is 5.27. The number of unbranched alkanes of at least 4 members (excludes halogenated alkanes) is 1. The third kappa shape index (κ3) is 2.83. The highest BCUT2D eigenvalue weighted by Gasteiger charge is 2.23. The van der Waals surface area contributed by atoms with Gasteiger partial charge < -0.3 is 4.57 Å². The monoisotopic (exact) mass is 417 g/mol. The molecule has 4 rings (SSSR count). The Bertz CT molecular complexity index is 1030. The zero-order valence-electron chi connectivity index (χ0n) is 14.2. The first-order valence-electron chi connectivity index (χ1n) is 8.27. The summed E-state index contributed by atoms with van der Waals surface area (Å²) in [6.45, 7) is 5.02. The van der Waals surface area contributed by atoms with Crippen molar-refractivity contribution in [1.82, 2.24) is 14.0 Å². The Hall–Kier alpha value is -1.92. The van der Waals surface area contributed by atoms with Gasteiger partial charge in [0.15, 0.2) is 0 Å². The van der Waals surface area contributed by atoms with Crippen molar-refractivity contribution in [3.63, 3.8) is 0 Å². The van der Waals surface area contributed by atoms with Gasteiger partial charge in [-0.25, -0.2) is 4.98 Å². The molecular formula is C19H20BrN3OS. The molecule has 130 valence electrons. The van der Waals surface area contributed by atoms with Crippen LogP contribution < -0.4 is 0 Å². The Morgan fingerprint density at radius 2 is 1.92 bits per heavy atom. The lowest BCUT2D eigenvalue weighted by Gasteiger charge is -2.03. The number of fused-ring (bicyclic) bond motifs is 3. The van der Waals surface area contributed by atoms with Gasteiger partial charge in [-0.2, -0.15) is 0 Å². The molecule has 0 saturated carbocycles. The number of carbonyl (C=O) groups is 1. The van der Waals surface area contributed by atoms with Crippen LogP contribution in [0.4, 0.5) is 0 Å². The number of halogens is 1. The van der Waals surface area contributed by atoms with E-state index in [1.165, 1.54) is 11.3 Å². The zero-order valence-corrected chi connectivity index (χ0v) is 16.8. The zero-order chi connectivity index (χ0) is 16.7. The van der Waals surface area contributed by atoms with Gasteiger partial charge in [0, 0.05) is 6.54 Å². The fraction of sp³-hybridized carbons (Fsp3) is 0.263. The number of aryl methyl sites for hydroxylation is 2. The molecule has 4 nitrogen and oxygen atoms in total. The summed E-state index contributed by atoms with van der Waals surface area (Å²) in [4.78, 5) is 18.5. The van der Waals surface area contributed by atoms with Gasteiger partial charge in [0.2, 0.25) is 11.6 Å². The van der Waals surface area contributed by atoms with Crippen LogP contribution in [-0.2, 0) is 6.54 Å². The van der Waals surface area contributed by atoms with Gasteiger partial charge in [-0.05, 0) is 36.9 Å². The van der Waals surface area contributed by atoms with E-state index >= 15 is 0 Å². The maximum atomic E-state index is 13.0. The van der Waals surface area contributed by atoms with Crippen LogP contribution in [0.3, 0.4) is 0 Å². The topological polar surface area (TPSA) is 39.3 Å². The Balaban J connectivity index is 0.00000182. The van der Waals surface area contributed by atoms with Crippen molar-refractivity contribution in [2.24, 2.45) is 0 Å². The van der Waals surface area contributed by atoms with Crippen molar-refractivity contribution in [2.45, 2.75) is 33.2 Å². The predicted molar refractivity (Wildman–Crippen MR) is 108 cm³/mol. The van der Waals surface area contributed by atoms with Gasteiger partial charge in [-0.15, -0.1) is 28.3 Å². The van der Waals surface area contributed by atoms with Crippen molar-refractivity contribution >= 4 is 50.9 Å². The summed E-state index contributed by atoms with van der Waals surface area (Å²) >= 11 is 1.48. The summed E-state index contributed by atoms with van der Waals surface area (Å²) < 4.78 is 4.26. The molecular weight excluding hydrogens is 398 g/mol. The van der Waals surface area contributed by atoms with Crippen LogP contribution in [0, 0.1) is 6.92 Å². The van der Waals surface area contributed by atoms with E-state index in [0.29, 0.717) is 5.69 Å². The number of rotatable bonds is 5. The quantitative estimate of drug-likeness (QED) is 0.415. The van der Waals surface area contributed by atoms with Gasteiger partial charge in [0.25, 0.3) is 0 Å². The molecule has 0 unspecified atom stereocenters. The van der Waals surface area contributed by atoms with Crippen LogP contribution in [0.2, 0.25) is 0 Å². The molecule has 3 aromatic heterocycles. The molecule has 0 aliphatic heterocycles. The van der Waals surface area contributed by atoms with Crippen molar-refractivity contribution in [3.05, 3.63) is 58.0 Å². The summed E-state index contributed by atoms with van der Waals surface area (Å²) in [5, 5.41) is 1.94. The second kappa shape index (κ2) is 7.14. The lowest BCUT2D eigenvalue weighted by atomic mass is 10.2. The molecule has 3 heterocycles. The van der Waals surface area contributed by atoms with E-state index in [1.807, 2.05) is 41.0 Å². The van der Waals surface area contributed by atoms with Gasteiger partial charge in [-0.1, -0.05) is 31.5 Å². The van der Waals surface area contributed by atoms with Crippen molar-refractivity contribution < 1.29 is 4.79 Å². The van der Waals surface area contributed by atoms with E-state index in [-0.39, 0.29) is 22.8 Å². The molecule has 0 radical (unpaired) electrons. The molecule has 0 N–H and O–H groups in total. The maximum absolute atomic E-state index is 13.0. The number of hydrogen-bond donors (Lipinski definition) is 0. The summed E-state index contributed by atoms with van der Waals surface area (Å²) in [5.74, 6) is 0.912. The highest BCUT2D eigenvalue weighted by molar-refractivity contribution is 8.93. The maximum Gasteiger partial charge on any atom is 0.221 e. The number of carbonyl (C=O) groups excluding carboxylic acids is 1. The molecule has 0 saturated heterocycles. The first kappa shape index (κ1) is 17.9. The van der Waals surface area contributed by atoms with E-state index < -0.39 is 0 Å². The van der Waals surface area contributed by atoms with Crippen LogP contribution >= 0.6 is 28.3 Å². The number of hydrogen-bond acceptors (Lipinski definition) is 3. The van der Waals surface area contributed by atoms with E-state index in [2.05, 4.69) is 23.6 Å². The molecule has 1 aromatic carbocycles. The average molecular weight is 418 g/mol. The molecule has 0 fully saturated rings. The van der Waals surface area contributed by atoms with E-state index in [4.69, 9.17) is 4.98 Å². The van der Waals surface area contributed by atoms with E-state index in [1.54, 1.807) is 0 Å². The fourth-order valence-corrected chi connectivity index (χ4v) is 3.90. The first-order valence-corrected chi connectivity index (χ1v) is 9.14. The van der Waals surface area contributed by atoms with Gasteiger partial charge >= 0.3 is 0 Å². The summed E-state index contributed by atoms with van der Waals surface area (Å²) in [5.41, 5.74) is 3.65. The van der Waals surface area contributed by atoms with Gasteiger partial charge in [-0.3, -0.25) is 9.20 Å². The Labute approximate surface area is 160 Å². The lowest BCUT2D eigenvalue weighted by Crippen LogP contribution is -2.05. The molecule has 6 heteroatoms. The number of benzene rings is 1. The van der Waals surface area contributed by atoms with Crippen LogP contribution in [-0.4, -0.2) is 19.7 Å². The third-order valence-electron chi connectivity index (χ3n) is 4.38. The number of thiophene rings is 1. The van der Waals surface area contributed by atoms with Crippen molar-refractivity contribution in [2.75, 3.05) is 0 Å². The van der Waals surface area contributed by atoms with Crippen molar-refractivity contribution in [3.8, 4) is 0 Å². The molecule has 0 amide bonds. The van der Waals surface area contributed by atoms with Crippen LogP contribution in [0.5, 0.6) is 0 Å². The molecule has 0 bridgehead atoms. The largest absolute Gasteiger partial charge is 0.310 e. The number of aromatic nitrogens is 3. The second-order valence-corrected chi connectivity index (χ2v) is 6.93. The van der Waals surface area contributed by atoms with Crippen LogP contribution in [0.15, 0.2) is 41.8 Å². The minimum atomic E-state index is 0. The second-order valence-electron chi connectivity index (χ2n) is 5.98. The Kier molecular flexibility index (Phi) is 5.11. The fourth-order valence-electron chi connectivity index (χ4n) is 3.24. The highest BCUT2D eigenvalue weighted by Crippen LogP contribution is 2.27. The molecule has 25 heavy (non-hydrogen) atoms. The Morgan fingerprint density at radius 3 is 2.60 bits per heavy atom. The van der Waals surface area contributed by atoms with Crippen molar-refractivity contribution in [1.29, 1.82) is 0 Å². The number of nitrogens with zero attached hydrogens (tertiary/aromatic N) is 3. The first-order chi connectivity index (χ1) is 11.7. The minimum Gasteiger partial charge on any atom is -0.310 e. The third-order valence-corrected chi connectivity index (χ3v) is 5.25. The normalized spacial score (nSPS) is 11.1. The number of ketones is 1. The summed E-state index contributed by atoms with van der Waals surface area (Å²) in [7, 11) is 0. The van der Waals surface area contributed by atoms with Crippen LogP contribution in [0.1, 0.15) is 40.8 Å². The van der Waals surface area contributed by atoms with Gasteiger partial charge in [0.1, 0.15) is 5.69 Å². The number of para-hydroxylation sites is 2.